The average molecular weight is 931 g/mol. The SMILES string of the molecule is N#Cc1c(NS(=O)(=O)N2CC[C@@H](F)C2)ccc(F)c1Oc1ccc2ncn(-c3ccc(N4CCN(CC5CCN(c6cccc7c6ccn7C6CCC(=O)NC6=O)CC5)CC4)cc3)c(=O)c2c1. The van der Waals surface area contributed by atoms with Crippen LogP contribution in [0.1, 0.15) is 43.7 Å². The third-order valence-electron chi connectivity index (χ3n) is 13.5. The molecule has 1 unspecified atom stereocenters. The molecule has 0 radical (unpaired) electrons. The molecular formula is C48H48F2N10O6S. The molecule has 16 nitrogen and oxygen atoms in total. The minimum atomic E-state index is -4.24. The lowest BCUT2D eigenvalue weighted by atomic mass is 9.95. The standard InChI is InChI=1S/C48H48F2N10O6S/c49-32-16-20-58(29-32)67(64,65)54-41-11-9-39(50)46(38(41)27-51)66-35-8-10-40-37(26-35)48(63)60(30-52-40)34-6-4-33(5-7-34)56-24-22-55(23-25-56)28-31-14-18-57(19-15-31)42-2-1-3-43-36(42)17-21-59(43)44-12-13-45(61)53-47(44)62/h1-11,17,21,26,30-32,44,54H,12-16,18-20,22-25,28-29H2,(H,53,61,62)/t32-,44?/m1/s1. The summed E-state index contributed by atoms with van der Waals surface area (Å²) in [6.45, 7) is 6.21. The molecule has 10 rings (SSSR count). The molecule has 346 valence electrons. The Morgan fingerprint density at radius 3 is 2.36 bits per heavy atom. The summed E-state index contributed by atoms with van der Waals surface area (Å²) in [5, 5.41) is 13.7. The number of ether oxygens (including phenoxy) is 1. The highest BCUT2D eigenvalue weighted by atomic mass is 32.2. The predicted octanol–water partition coefficient (Wildman–Crippen LogP) is 5.86. The van der Waals surface area contributed by atoms with Gasteiger partial charge in [0.2, 0.25) is 11.8 Å². The van der Waals surface area contributed by atoms with Crippen molar-refractivity contribution in [3.05, 3.63) is 113 Å². The number of fused-ring (bicyclic) bond motifs is 2. The summed E-state index contributed by atoms with van der Waals surface area (Å²) in [4.78, 5) is 50.1. The van der Waals surface area contributed by atoms with Gasteiger partial charge < -0.3 is 19.1 Å². The second-order valence-corrected chi connectivity index (χ2v) is 19.3. The number of carbonyl (C=O) groups excluding carboxylic acids is 2. The van der Waals surface area contributed by atoms with E-state index in [-0.39, 0.29) is 54.2 Å². The van der Waals surface area contributed by atoms with Crippen molar-refractivity contribution in [1.82, 2.24) is 28.6 Å². The van der Waals surface area contributed by atoms with Gasteiger partial charge in [-0.15, -0.1) is 0 Å². The minimum absolute atomic E-state index is 0.0219. The number of nitrogens with zero attached hydrogens (tertiary/aromatic N) is 8. The molecule has 2 aromatic heterocycles. The van der Waals surface area contributed by atoms with Crippen LogP contribution in [-0.2, 0) is 19.8 Å². The quantitative estimate of drug-likeness (QED) is 0.149. The zero-order valence-corrected chi connectivity index (χ0v) is 37.3. The lowest BCUT2D eigenvalue weighted by Gasteiger charge is -2.40. The number of halogens is 2. The van der Waals surface area contributed by atoms with Gasteiger partial charge in [-0.1, -0.05) is 6.07 Å². The largest absolute Gasteiger partial charge is 0.453 e. The topological polar surface area (TPSA) is 178 Å². The van der Waals surface area contributed by atoms with Gasteiger partial charge in [0.05, 0.1) is 27.8 Å². The van der Waals surface area contributed by atoms with E-state index in [0.717, 1.165) is 91.7 Å². The highest BCUT2D eigenvalue weighted by molar-refractivity contribution is 7.90. The maximum Gasteiger partial charge on any atom is 0.301 e. The number of amides is 2. The van der Waals surface area contributed by atoms with Crippen LogP contribution < -0.4 is 30.1 Å². The Hall–Kier alpha value is -6.88. The zero-order chi connectivity index (χ0) is 46.4. The highest BCUT2D eigenvalue weighted by Crippen LogP contribution is 2.36. The van der Waals surface area contributed by atoms with E-state index in [2.05, 4.69) is 47.9 Å². The van der Waals surface area contributed by atoms with Gasteiger partial charge in [0, 0.05) is 88.3 Å². The fraction of sp³-hybridized carbons (Fsp3) is 0.354. The van der Waals surface area contributed by atoms with Crippen LogP contribution in [0, 0.1) is 23.1 Å². The predicted molar refractivity (Wildman–Crippen MR) is 249 cm³/mol. The first-order valence-electron chi connectivity index (χ1n) is 22.5. The first-order valence-corrected chi connectivity index (χ1v) is 24.0. The number of nitrogens with one attached hydrogen (secondary N) is 2. The Morgan fingerprint density at radius 1 is 0.851 bits per heavy atom. The van der Waals surface area contributed by atoms with Gasteiger partial charge in [-0.05, 0) is 104 Å². The lowest BCUT2D eigenvalue weighted by Crippen LogP contribution is -2.49. The molecule has 0 aliphatic carbocycles. The molecule has 6 aromatic rings. The van der Waals surface area contributed by atoms with Crippen molar-refractivity contribution in [2.24, 2.45) is 5.92 Å². The van der Waals surface area contributed by atoms with E-state index in [1.165, 1.54) is 34.8 Å². The van der Waals surface area contributed by atoms with Crippen LogP contribution in [-0.4, -0.2) is 109 Å². The summed E-state index contributed by atoms with van der Waals surface area (Å²) in [6, 6.07) is 23.9. The van der Waals surface area contributed by atoms with Crippen molar-refractivity contribution in [3.8, 4) is 23.3 Å². The van der Waals surface area contributed by atoms with E-state index in [4.69, 9.17) is 4.74 Å². The van der Waals surface area contributed by atoms with E-state index in [1.807, 2.05) is 47.2 Å². The number of benzene rings is 4. The second kappa shape index (κ2) is 18.1. The third kappa shape index (κ3) is 8.79. The van der Waals surface area contributed by atoms with Crippen LogP contribution in [0.5, 0.6) is 11.5 Å². The lowest BCUT2D eigenvalue weighted by molar-refractivity contribution is -0.135. The number of alkyl halides is 1. The van der Waals surface area contributed by atoms with Gasteiger partial charge in [0.25, 0.3) is 5.56 Å². The Balaban J connectivity index is 0.751. The number of carbonyl (C=O) groups is 2. The normalized spacial score (nSPS) is 20.1. The van der Waals surface area contributed by atoms with Gasteiger partial charge in [-0.25, -0.2) is 13.8 Å². The molecular weight excluding hydrogens is 883 g/mol. The summed E-state index contributed by atoms with van der Waals surface area (Å²) < 4.78 is 67.2. The zero-order valence-electron chi connectivity index (χ0n) is 36.5. The van der Waals surface area contributed by atoms with Crippen LogP contribution in [0.15, 0.2) is 96.2 Å². The molecule has 6 heterocycles. The third-order valence-corrected chi connectivity index (χ3v) is 15.0. The molecule has 4 fully saturated rings. The van der Waals surface area contributed by atoms with Gasteiger partial charge in [0.15, 0.2) is 11.6 Å². The summed E-state index contributed by atoms with van der Waals surface area (Å²) in [5.41, 5.74) is 3.13. The van der Waals surface area contributed by atoms with Crippen LogP contribution in [0.4, 0.5) is 25.8 Å². The molecule has 2 N–H and O–H groups in total. The van der Waals surface area contributed by atoms with Crippen LogP contribution >= 0.6 is 0 Å². The number of hydrogen-bond donors (Lipinski definition) is 2. The number of piperidine rings is 2. The molecule has 0 spiro atoms. The summed E-state index contributed by atoms with van der Waals surface area (Å²) in [6.07, 6.45) is 5.17. The molecule has 4 saturated heterocycles. The number of imide groups is 1. The summed E-state index contributed by atoms with van der Waals surface area (Å²) in [5.74, 6) is -1.32. The molecule has 4 aliphatic heterocycles. The van der Waals surface area contributed by atoms with Crippen molar-refractivity contribution in [2.75, 3.05) is 73.4 Å². The second-order valence-electron chi connectivity index (χ2n) is 17.6. The van der Waals surface area contributed by atoms with Gasteiger partial charge in [-0.3, -0.25) is 33.9 Å². The molecule has 2 amide bonds. The number of nitriles is 1. The van der Waals surface area contributed by atoms with Crippen LogP contribution in [0.25, 0.3) is 27.5 Å². The Bertz CT molecular complexity index is 3100. The average Bonchev–Trinajstić information content (AvgIpc) is 3.98. The maximum absolute atomic E-state index is 15.2. The van der Waals surface area contributed by atoms with E-state index < -0.39 is 39.1 Å². The highest BCUT2D eigenvalue weighted by Gasteiger charge is 2.33. The van der Waals surface area contributed by atoms with Gasteiger partial charge >= 0.3 is 10.2 Å². The first-order chi connectivity index (χ1) is 32.4. The molecule has 67 heavy (non-hydrogen) atoms. The van der Waals surface area contributed by atoms with Crippen molar-refractivity contribution in [2.45, 2.75) is 44.3 Å². The van der Waals surface area contributed by atoms with E-state index >= 15 is 4.39 Å². The number of piperazine rings is 1. The molecule has 19 heteroatoms. The first kappa shape index (κ1) is 44.0. The monoisotopic (exact) mass is 930 g/mol. The van der Waals surface area contributed by atoms with Crippen molar-refractivity contribution >= 4 is 60.9 Å². The van der Waals surface area contributed by atoms with E-state index in [1.54, 1.807) is 0 Å². The van der Waals surface area contributed by atoms with Crippen molar-refractivity contribution in [1.29, 1.82) is 5.26 Å². The smallest absolute Gasteiger partial charge is 0.301 e. The molecule has 0 saturated carbocycles. The number of anilines is 3. The number of rotatable bonds is 11. The molecule has 4 aromatic carbocycles. The fourth-order valence-corrected chi connectivity index (χ4v) is 11.1. The van der Waals surface area contributed by atoms with Crippen molar-refractivity contribution in [3.63, 3.8) is 0 Å². The minimum Gasteiger partial charge on any atom is -0.453 e. The number of hydrogen-bond acceptors (Lipinski definition) is 11. The molecule has 0 bridgehead atoms. The fourth-order valence-electron chi connectivity index (χ4n) is 9.83. The van der Waals surface area contributed by atoms with Gasteiger partial charge in [-0.2, -0.15) is 18.0 Å². The van der Waals surface area contributed by atoms with Crippen molar-refractivity contribution < 1.29 is 31.5 Å². The van der Waals surface area contributed by atoms with Gasteiger partial charge in [0.1, 0.15) is 35.9 Å². The summed E-state index contributed by atoms with van der Waals surface area (Å²) >= 11 is 0. The van der Waals surface area contributed by atoms with Crippen LogP contribution in [0.3, 0.4) is 0 Å². The molecule has 2 atom stereocenters. The summed E-state index contributed by atoms with van der Waals surface area (Å²) in [7, 11) is -4.24. The Kier molecular flexibility index (Phi) is 11.9. The van der Waals surface area contributed by atoms with Crippen LogP contribution in [0.2, 0.25) is 0 Å². The Labute approximate surface area is 385 Å². The molecule has 4 aliphatic rings. The van der Waals surface area contributed by atoms with E-state index in [9.17, 15) is 32.5 Å². The Morgan fingerprint density at radius 2 is 1.63 bits per heavy atom. The van der Waals surface area contributed by atoms with E-state index in [0.29, 0.717) is 30.0 Å². The maximum atomic E-state index is 15.2. The number of aromatic nitrogens is 3.